The summed E-state index contributed by atoms with van der Waals surface area (Å²) in [6, 6.07) is 5.64. The predicted octanol–water partition coefficient (Wildman–Crippen LogP) is 2.23. The van der Waals surface area contributed by atoms with Crippen LogP contribution in [0.15, 0.2) is 36.3 Å². The maximum atomic E-state index is 12.1. The maximum absolute atomic E-state index is 12.1. The lowest BCUT2D eigenvalue weighted by atomic mass is 10.1. The summed E-state index contributed by atoms with van der Waals surface area (Å²) in [5.74, 6) is -0.371. The normalized spacial score (nSPS) is 11.7. The number of carbonyl (C=O) groups is 1. The first-order valence-electron chi connectivity index (χ1n) is 6.94. The summed E-state index contributed by atoms with van der Waals surface area (Å²) in [5.41, 5.74) is 0.863. The van der Waals surface area contributed by atoms with E-state index < -0.39 is 0 Å². The summed E-state index contributed by atoms with van der Waals surface area (Å²) in [6.07, 6.45) is 4.98. The zero-order valence-corrected chi connectivity index (χ0v) is 13.1. The monoisotopic (exact) mass is 286 g/mol. The quantitative estimate of drug-likeness (QED) is 0.665. The summed E-state index contributed by atoms with van der Waals surface area (Å²) in [4.78, 5) is 18.0. The van der Waals surface area contributed by atoms with Gasteiger partial charge in [0, 0.05) is 37.2 Å². The van der Waals surface area contributed by atoms with Crippen molar-refractivity contribution in [2.45, 2.75) is 39.8 Å². The molecule has 0 fully saturated rings. The minimum Gasteiger partial charge on any atom is -0.372 e. The van der Waals surface area contributed by atoms with Crippen molar-refractivity contribution in [3.05, 3.63) is 41.9 Å². The van der Waals surface area contributed by atoms with Gasteiger partial charge in [-0.25, -0.2) is 0 Å². The average molecular weight is 286 g/mol. The molecule has 1 N–H and O–H groups in total. The summed E-state index contributed by atoms with van der Waals surface area (Å²) in [6.45, 7) is 9.18. The smallest absolute Gasteiger partial charge is 0.263 e. The van der Waals surface area contributed by atoms with Gasteiger partial charge in [-0.3, -0.25) is 9.78 Å². The minimum absolute atomic E-state index is 0.107. The van der Waals surface area contributed by atoms with E-state index in [-0.39, 0.29) is 17.0 Å². The number of aromatic nitrogens is 1. The fourth-order valence-electron chi connectivity index (χ4n) is 1.83. The van der Waals surface area contributed by atoms with Crippen LogP contribution in [-0.2, 0) is 11.3 Å². The maximum Gasteiger partial charge on any atom is 0.263 e. The van der Waals surface area contributed by atoms with E-state index >= 15 is 0 Å². The second-order valence-corrected chi connectivity index (χ2v) is 5.66. The van der Waals surface area contributed by atoms with Crippen molar-refractivity contribution in [3.63, 3.8) is 0 Å². The van der Waals surface area contributed by atoms with Crippen LogP contribution in [0.3, 0.4) is 0 Å². The Morgan fingerprint density at radius 3 is 2.71 bits per heavy atom. The molecule has 5 nitrogen and oxygen atoms in total. The molecular formula is C16H22N4O. The first-order valence-corrected chi connectivity index (χ1v) is 6.94. The van der Waals surface area contributed by atoms with Crippen molar-refractivity contribution in [1.82, 2.24) is 15.2 Å². The van der Waals surface area contributed by atoms with Crippen LogP contribution in [-0.4, -0.2) is 27.9 Å². The summed E-state index contributed by atoms with van der Waals surface area (Å²) in [5, 5.41) is 11.9. The van der Waals surface area contributed by atoms with Gasteiger partial charge in [0.05, 0.1) is 0 Å². The Morgan fingerprint density at radius 2 is 2.24 bits per heavy atom. The van der Waals surface area contributed by atoms with Crippen molar-refractivity contribution in [1.29, 1.82) is 5.26 Å². The molecule has 112 valence electrons. The lowest BCUT2D eigenvalue weighted by molar-refractivity contribution is -0.117. The number of hydrogen-bond donors (Lipinski definition) is 1. The summed E-state index contributed by atoms with van der Waals surface area (Å²) >= 11 is 0. The molecule has 1 amide bonds. The van der Waals surface area contributed by atoms with Crippen LogP contribution < -0.4 is 5.32 Å². The van der Waals surface area contributed by atoms with Crippen molar-refractivity contribution in [2.75, 3.05) is 6.54 Å². The number of carbonyl (C=O) groups excluding carboxylic acids is 1. The molecule has 5 heteroatoms. The fraction of sp³-hybridized carbons (Fsp3) is 0.438. The van der Waals surface area contributed by atoms with Gasteiger partial charge in [-0.05, 0) is 39.3 Å². The van der Waals surface area contributed by atoms with E-state index in [2.05, 4.69) is 10.3 Å². The third kappa shape index (κ3) is 5.27. The Bertz CT molecular complexity index is 538. The van der Waals surface area contributed by atoms with E-state index in [0.717, 1.165) is 12.1 Å². The van der Waals surface area contributed by atoms with Crippen LogP contribution in [0.1, 0.15) is 33.3 Å². The summed E-state index contributed by atoms with van der Waals surface area (Å²) < 4.78 is 0. The van der Waals surface area contributed by atoms with Gasteiger partial charge in [-0.1, -0.05) is 6.07 Å². The molecule has 0 saturated heterocycles. The molecule has 0 spiro atoms. The SMILES string of the molecule is CCN(/C=C(/C#N)C(=O)NCc1cccnc1)C(C)(C)C. The minimum atomic E-state index is -0.371. The highest BCUT2D eigenvalue weighted by Crippen LogP contribution is 2.14. The van der Waals surface area contributed by atoms with Gasteiger partial charge in [-0.2, -0.15) is 5.26 Å². The highest BCUT2D eigenvalue weighted by Gasteiger charge is 2.19. The Labute approximate surface area is 126 Å². The van der Waals surface area contributed by atoms with Crippen LogP contribution in [0.4, 0.5) is 0 Å². The summed E-state index contributed by atoms with van der Waals surface area (Å²) in [7, 11) is 0. The van der Waals surface area contributed by atoms with Crippen LogP contribution in [0, 0.1) is 11.3 Å². The van der Waals surface area contributed by atoms with Crippen molar-refractivity contribution in [2.24, 2.45) is 0 Å². The Morgan fingerprint density at radius 1 is 1.52 bits per heavy atom. The molecule has 0 radical (unpaired) electrons. The fourth-order valence-corrected chi connectivity index (χ4v) is 1.83. The largest absolute Gasteiger partial charge is 0.372 e. The Hall–Kier alpha value is -2.35. The van der Waals surface area contributed by atoms with Crippen molar-refractivity contribution in [3.8, 4) is 6.07 Å². The lowest BCUT2D eigenvalue weighted by Gasteiger charge is -2.33. The molecule has 1 aromatic rings. The molecule has 0 aliphatic rings. The number of nitriles is 1. The van der Waals surface area contributed by atoms with Crippen LogP contribution in [0.2, 0.25) is 0 Å². The molecule has 0 atom stereocenters. The van der Waals surface area contributed by atoms with E-state index in [1.165, 1.54) is 0 Å². The third-order valence-corrected chi connectivity index (χ3v) is 3.03. The number of rotatable bonds is 5. The van der Waals surface area contributed by atoms with Crippen LogP contribution in [0.5, 0.6) is 0 Å². The van der Waals surface area contributed by atoms with Gasteiger partial charge < -0.3 is 10.2 Å². The predicted molar refractivity (Wildman–Crippen MR) is 81.9 cm³/mol. The molecule has 0 unspecified atom stereocenters. The molecule has 1 heterocycles. The van der Waals surface area contributed by atoms with E-state index in [1.54, 1.807) is 24.7 Å². The van der Waals surface area contributed by atoms with Crippen molar-refractivity contribution < 1.29 is 4.79 Å². The van der Waals surface area contributed by atoms with Crippen LogP contribution in [0.25, 0.3) is 0 Å². The van der Waals surface area contributed by atoms with E-state index in [1.807, 2.05) is 44.7 Å². The van der Waals surface area contributed by atoms with Crippen molar-refractivity contribution >= 4 is 5.91 Å². The molecular weight excluding hydrogens is 264 g/mol. The van der Waals surface area contributed by atoms with Gasteiger partial charge in [0.15, 0.2) is 0 Å². The highest BCUT2D eigenvalue weighted by atomic mass is 16.1. The van der Waals surface area contributed by atoms with E-state index in [9.17, 15) is 10.1 Å². The number of nitrogens with zero attached hydrogens (tertiary/aromatic N) is 3. The van der Waals surface area contributed by atoms with Gasteiger partial charge in [0.1, 0.15) is 11.6 Å². The Balaban J connectivity index is 2.76. The lowest BCUT2D eigenvalue weighted by Crippen LogP contribution is -2.38. The van der Waals surface area contributed by atoms with Gasteiger partial charge in [-0.15, -0.1) is 0 Å². The number of amides is 1. The van der Waals surface area contributed by atoms with E-state index in [0.29, 0.717) is 6.54 Å². The molecule has 0 aromatic carbocycles. The molecule has 0 saturated carbocycles. The number of pyridine rings is 1. The van der Waals surface area contributed by atoms with E-state index in [4.69, 9.17) is 0 Å². The standard InChI is InChI=1S/C16H22N4O/c1-5-20(16(2,3)4)12-14(9-17)15(21)19-11-13-7-6-8-18-10-13/h6-8,10,12H,5,11H2,1-4H3,(H,19,21)/b14-12-. The molecule has 1 rings (SSSR count). The first-order chi connectivity index (χ1) is 9.88. The molecule has 0 aliphatic heterocycles. The molecule has 1 aromatic heterocycles. The second kappa shape index (κ2) is 7.44. The topological polar surface area (TPSA) is 69.0 Å². The zero-order chi connectivity index (χ0) is 15.9. The molecule has 0 aliphatic carbocycles. The second-order valence-electron chi connectivity index (χ2n) is 5.66. The number of hydrogen-bond acceptors (Lipinski definition) is 4. The molecule has 21 heavy (non-hydrogen) atoms. The first kappa shape index (κ1) is 16.7. The highest BCUT2D eigenvalue weighted by molar-refractivity contribution is 5.97. The van der Waals surface area contributed by atoms with Gasteiger partial charge in [0.25, 0.3) is 5.91 Å². The average Bonchev–Trinajstić information content (AvgIpc) is 2.45. The Kier molecular flexibility index (Phi) is 5.92. The van der Waals surface area contributed by atoms with Gasteiger partial charge in [0.2, 0.25) is 0 Å². The number of nitrogens with one attached hydrogen (secondary N) is 1. The zero-order valence-electron chi connectivity index (χ0n) is 13.1. The van der Waals surface area contributed by atoms with Crippen LogP contribution >= 0.6 is 0 Å². The van der Waals surface area contributed by atoms with Gasteiger partial charge >= 0.3 is 0 Å². The third-order valence-electron chi connectivity index (χ3n) is 3.03. The molecule has 0 bridgehead atoms.